The van der Waals surface area contributed by atoms with Crippen molar-refractivity contribution < 1.29 is 19.1 Å². The molecular weight excluding hydrogens is 352 g/mol. The average Bonchev–Trinajstić information content (AvgIpc) is 2.75. The first-order chi connectivity index (χ1) is 13.6. The van der Waals surface area contributed by atoms with Crippen molar-refractivity contribution in [1.29, 1.82) is 0 Å². The van der Waals surface area contributed by atoms with Gasteiger partial charge in [-0.2, -0.15) is 0 Å². The van der Waals surface area contributed by atoms with Gasteiger partial charge in [-0.15, -0.1) is 12.8 Å². The van der Waals surface area contributed by atoms with E-state index >= 15 is 0 Å². The number of carbonyl (C=O) groups is 2. The maximum absolute atomic E-state index is 11.3. The Balaban J connectivity index is 1.55. The zero-order valence-electron chi connectivity index (χ0n) is 15.6. The number of ether oxygens (including phenoxy) is 2. The number of hydrogen-bond donors (Lipinski definition) is 0. The van der Waals surface area contributed by atoms with E-state index in [2.05, 4.69) is 11.8 Å². The van der Waals surface area contributed by atoms with Crippen molar-refractivity contribution in [2.45, 2.75) is 25.7 Å². The Morgan fingerprint density at radius 2 is 1.00 bits per heavy atom. The van der Waals surface area contributed by atoms with Crippen molar-refractivity contribution in [2.75, 3.05) is 13.2 Å². The molecule has 0 unspecified atom stereocenters. The van der Waals surface area contributed by atoms with Crippen molar-refractivity contribution in [3.8, 4) is 36.2 Å². The van der Waals surface area contributed by atoms with Gasteiger partial charge < -0.3 is 9.47 Å². The molecule has 28 heavy (non-hydrogen) atoms. The van der Waals surface area contributed by atoms with E-state index in [0.717, 1.165) is 37.2 Å². The lowest BCUT2D eigenvalue weighted by molar-refractivity contribution is 0.104. The Bertz CT molecular complexity index is 789. The van der Waals surface area contributed by atoms with Crippen molar-refractivity contribution in [3.05, 3.63) is 59.7 Å². The summed E-state index contributed by atoms with van der Waals surface area (Å²) in [6, 6.07) is 13.7. The molecule has 0 atom stereocenters. The number of rotatable bonds is 11. The van der Waals surface area contributed by atoms with E-state index in [1.54, 1.807) is 48.5 Å². The maximum Gasteiger partial charge on any atom is 0.235 e. The molecule has 0 bridgehead atoms. The summed E-state index contributed by atoms with van der Waals surface area (Å²) in [6.45, 7) is 1.24. The molecule has 142 valence electrons. The van der Waals surface area contributed by atoms with Crippen LogP contribution >= 0.6 is 0 Å². The van der Waals surface area contributed by atoms with E-state index in [1.807, 2.05) is 0 Å². The highest BCUT2D eigenvalue weighted by atomic mass is 16.5. The first-order valence-corrected chi connectivity index (χ1v) is 9.11. The lowest BCUT2D eigenvalue weighted by Crippen LogP contribution is -2.01. The number of terminal acetylenes is 2. The van der Waals surface area contributed by atoms with Gasteiger partial charge in [-0.1, -0.05) is 0 Å². The van der Waals surface area contributed by atoms with Crippen LogP contribution in [0, 0.1) is 24.7 Å². The molecule has 2 rings (SSSR count). The molecule has 0 heterocycles. The van der Waals surface area contributed by atoms with Crippen LogP contribution in [-0.4, -0.2) is 24.8 Å². The Morgan fingerprint density at radius 1 is 0.643 bits per heavy atom. The highest BCUT2D eigenvalue weighted by Gasteiger charge is 2.03. The predicted molar refractivity (Wildman–Crippen MR) is 109 cm³/mol. The van der Waals surface area contributed by atoms with Crippen molar-refractivity contribution in [2.24, 2.45) is 0 Å². The Hall–Kier alpha value is -3.50. The second-order valence-corrected chi connectivity index (χ2v) is 6.11. The van der Waals surface area contributed by atoms with Gasteiger partial charge in [-0.25, -0.2) is 0 Å². The van der Waals surface area contributed by atoms with Gasteiger partial charge in [0.1, 0.15) is 11.5 Å². The molecule has 0 radical (unpaired) electrons. The first-order valence-electron chi connectivity index (χ1n) is 9.11. The summed E-state index contributed by atoms with van der Waals surface area (Å²) in [4.78, 5) is 22.7. The van der Waals surface area contributed by atoms with E-state index < -0.39 is 0 Å². The largest absolute Gasteiger partial charge is 0.494 e. The third-order valence-electron chi connectivity index (χ3n) is 4.07. The standard InChI is InChI=1S/C24H22O4/c1-3-23(25)19-9-13-21(14-10-19)27-17-7-5-6-8-18-28-22-15-11-20(12-16-22)24(26)4-2/h1-2,9-16H,5-8,17-18H2. The fraction of sp³-hybridized carbons (Fsp3) is 0.250. The molecule has 0 saturated heterocycles. The zero-order chi connectivity index (χ0) is 20.2. The molecule has 0 aliphatic carbocycles. The molecule has 0 saturated carbocycles. The van der Waals surface area contributed by atoms with Gasteiger partial charge in [0.2, 0.25) is 11.6 Å². The number of hydrogen-bond acceptors (Lipinski definition) is 4. The molecular formula is C24H22O4. The van der Waals surface area contributed by atoms with Gasteiger partial charge in [0, 0.05) is 11.1 Å². The van der Waals surface area contributed by atoms with Gasteiger partial charge in [0.25, 0.3) is 0 Å². The van der Waals surface area contributed by atoms with E-state index in [4.69, 9.17) is 22.3 Å². The van der Waals surface area contributed by atoms with Crippen LogP contribution in [0.1, 0.15) is 46.4 Å². The highest BCUT2D eigenvalue weighted by Crippen LogP contribution is 2.15. The summed E-state index contributed by atoms with van der Waals surface area (Å²) in [6.07, 6.45) is 14.1. The molecule has 0 fully saturated rings. The fourth-order valence-corrected chi connectivity index (χ4v) is 2.51. The van der Waals surface area contributed by atoms with Crippen molar-refractivity contribution in [1.82, 2.24) is 0 Å². The van der Waals surface area contributed by atoms with Gasteiger partial charge in [0.05, 0.1) is 13.2 Å². The average molecular weight is 374 g/mol. The second-order valence-electron chi connectivity index (χ2n) is 6.11. The van der Waals surface area contributed by atoms with Crippen LogP contribution in [0.15, 0.2) is 48.5 Å². The number of benzene rings is 2. The van der Waals surface area contributed by atoms with Crippen LogP contribution < -0.4 is 9.47 Å². The molecule has 0 aliphatic rings. The van der Waals surface area contributed by atoms with E-state index in [-0.39, 0.29) is 11.6 Å². The highest BCUT2D eigenvalue weighted by molar-refractivity contribution is 6.09. The minimum atomic E-state index is -0.328. The monoisotopic (exact) mass is 374 g/mol. The van der Waals surface area contributed by atoms with Gasteiger partial charge in [-0.05, 0) is 86.1 Å². The first kappa shape index (κ1) is 20.8. The van der Waals surface area contributed by atoms with Gasteiger partial charge in [0.15, 0.2) is 0 Å². The third kappa shape index (κ3) is 6.67. The van der Waals surface area contributed by atoms with E-state index in [1.165, 1.54) is 0 Å². The van der Waals surface area contributed by atoms with E-state index in [9.17, 15) is 9.59 Å². The number of ketones is 2. The summed E-state index contributed by atoms with van der Waals surface area (Å²) in [5.74, 6) is 4.97. The van der Waals surface area contributed by atoms with Crippen LogP contribution in [0.4, 0.5) is 0 Å². The van der Waals surface area contributed by atoms with E-state index in [0.29, 0.717) is 24.3 Å². The maximum atomic E-state index is 11.3. The minimum absolute atomic E-state index is 0.328. The summed E-state index contributed by atoms with van der Waals surface area (Å²) in [5.41, 5.74) is 0.985. The normalized spacial score (nSPS) is 9.79. The van der Waals surface area contributed by atoms with Crippen LogP contribution in [-0.2, 0) is 0 Å². The summed E-state index contributed by atoms with van der Waals surface area (Å²) >= 11 is 0. The lowest BCUT2D eigenvalue weighted by atomic mass is 10.1. The molecule has 2 aromatic rings. The van der Waals surface area contributed by atoms with Crippen molar-refractivity contribution >= 4 is 11.6 Å². The minimum Gasteiger partial charge on any atom is -0.494 e. The molecule has 0 spiro atoms. The third-order valence-corrected chi connectivity index (χ3v) is 4.07. The number of carbonyl (C=O) groups excluding carboxylic acids is 2. The molecule has 2 aromatic carbocycles. The Morgan fingerprint density at radius 3 is 1.32 bits per heavy atom. The topological polar surface area (TPSA) is 52.6 Å². The quantitative estimate of drug-likeness (QED) is 0.254. The molecule has 4 nitrogen and oxygen atoms in total. The summed E-state index contributed by atoms with van der Waals surface area (Å²) in [7, 11) is 0. The number of unbranched alkanes of at least 4 members (excludes halogenated alkanes) is 3. The molecule has 0 N–H and O–H groups in total. The lowest BCUT2D eigenvalue weighted by Gasteiger charge is -2.08. The molecule has 0 amide bonds. The molecule has 4 heteroatoms. The number of Topliss-reactive ketones (excluding diaryl/α,β-unsaturated/α-hetero) is 2. The zero-order valence-corrected chi connectivity index (χ0v) is 15.6. The smallest absolute Gasteiger partial charge is 0.235 e. The Kier molecular flexibility index (Phi) is 8.37. The summed E-state index contributed by atoms with van der Waals surface area (Å²) < 4.78 is 11.3. The van der Waals surface area contributed by atoms with Crippen LogP contribution in [0.3, 0.4) is 0 Å². The van der Waals surface area contributed by atoms with Crippen LogP contribution in [0.25, 0.3) is 0 Å². The fourth-order valence-electron chi connectivity index (χ4n) is 2.51. The van der Waals surface area contributed by atoms with Gasteiger partial charge >= 0.3 is 0 Å². The second kappa shape index (κ2) is 11.3. The Labute approximate surface area is 165 Å². The molecule has 0 aromatic heterocycles. The SMILES string of the molecule is C#CC(=O)c1ccc(OCCCCCCOc2ccc(C(=O)C#C)cc2)cc1. The predicted octanol–water partition coefficient (Wildman–Crippen LogP) is 4.34. The van der Waals surface area contributed by atoms with Crippen LogP contribution in [0.2, 0.25) is 0 Å². The summed E-state index contributed by atoms with van der Waals surface area (Å²) in [5, 5.41) is 0. The molecule has 0 aliphatic heterocycles. The van der Waals surface area contributed by atoms with Crippen molar-refractivity contribution in [3.63, 3.8) is 0 Å². The van der Waals surface area contributed by atoms with Gasteiger partial charge in [-0.3, -0.25) is 9.59 Å². The van der Waals surface area contributed by atoms with Crippen LogP contribution in [0.5, 0.6) is 11.5 Å².